The van der Waals surface area contributed by atoms with E-state index < -0.39 is 0 Å². The molecular weight excluding hydrogens is 250 g/mol. The summed E-state index contributed by atoms with van der Waals surface area (Å²) >= 11 is 0. The summed E-state index contributed by atoms with van der Waals surface area (Å²) in [5.74, 6) is 0.237. The minimum absolute atomic E-state index is 0.0598. The predicted octanol–water partition coefficient (Wildman–Crippen LogP) is 1.51. The zero-order chi connectivity index (χ0) is 14.2. The van der Waals surface area contributed by atoms with Crippen LogP contribution in [-0.2, 0) is 11.3 Å². The lowest BCUT2D eigenvalue weighted by Crippen LogP contribution is -2.43. The van der Waals surface area contributed by atoms with Gasteiger partial charge in [-0.15, -0.1) is 0 Å². The highest BCUT2D eigenvalue weighted by atomic mass is 16.2. The Labute approximate surface area is 121 Å². The van der Waals surface area contributed by atoms with Crippen molar-refractivity contribution in [3.8, 4) is 0 Å². The first-order valence-corrected chi connectivity index (χ1v) is 7.54. The molecule has 1 aromatic rings. The number of hydrogen-bond acceptors (Lipinski definition) is 3. The molecule has 1 saturated heterocycles. The Bertz CT molecular complexity index is 401. The van der Waals surface area contributed by atoms with Gasteiger partial charge in [0.25, 0.3) is 0 Å². The van der Waals surface area contributed by atoms with Gasteiger partial charge in [0.15, 0.2) is 0 Å². The zero-order valence-corrected chi connectivity index (χ0v) is 12.1. The lowest BCUT2D eigenvalue weighted by atomic mass is 10.1. The molecular formula is C16H25N3O. The van der Waals surface area contributed by atoms with E-state index in [4.69, 9.17) is 5.73 Å². The maximum Gasteiger partial charge on any atom is 0.224 e. The molecule has 110 valence electrons. The lowest BCUT2D eigenvalue weighted by Gasteiger charge is -2.28. The third-order valence-electron chi connectivity index (χ3n) is 3.85. The van der Waals surface area contributed by atoms with Crippen LogP contribution in [0.3, 0.4) is 0 Å². The van der Waals surface area contributed by atoms with Crippen LogP contribution in [0.25, 0.3) is 0 Å². The molecule has 1 aliphatic heterocycles. The Balaban J connectivity index is 1.78. The smallest absolute Gasteiger partial charge is 0.224 e. The molecule has 0 aliphatic carbocycles. The SMILES string of the molecule is NCC(CC(=O)N1CCCCC1)NCc1ccccc1. The zero-order valence-electron chi connectivity index (χ0n) is 12.1. The van der Waals surface area contributed by atoms with Crippen molar-refractivity contribution in [2.75, 3.05) is 19.6 Å². The molecule has 0 aromatic heterocycles. The summed E-state index contributed by atoms with van der Waals surface area (Å²) in [7, 11) is 0. The van der Waals surface area contributed by atoms with E-state index in [-0.39, 0.29) is 11.9 Å². The minimum Gasteiger partial charge on any atom is -0.343 e. The van der Waals surface area contributed by atoms with Crippen molar-refractivity contribution in [3.05, 3.63) is 35.9 Å². The summed E-state index contributed by atoms with van der Waals surface area (Å²) in [6, 6.07) is 10.3. The van der Waals surface area contributed by atoms with E-state index in [1.165, 1.54) is 12.0 Å². The number of rotatable bonds is 6. The van der Waals surface area contributed by atoms with Crippen LogP contribution in [0.1, 0.15) is 31.2 Å². The van der Waals surface area contributed by atoms with Crippen LogP contribution in [0.5, 0.6) is 0 Å². The highest BCUT2D eigenvalue weighted by molar-refractivity contribution is 5.76. The van der Waals surface area contributed by atoms with Crippen molar-refractivity contribution in [1.82, 2.24) is 10.2 Å². The van der Waals surface area contributed by atoms with Gasteiger partial charge in [0.05, 0.1) is 0 Å². The fourth-order valence-electron chi connectivity index (χ4n) is 2.58. The first-order valence-electron chi connectivity index (χ1n) is 7.54. The lowest BCUT2D eigenvalue weighted by molar-refractivity contribution is -0.132. The standard InChI is InChI=1S/C16H25N3O/c17-12-15(18-13-14-7-3-1-4-8-14)11-16(20)19-9-5-2-6-10-19/h1,3-4,7-8,15,18H,2,5-6,9-13,17H2. The highest BCUT2D eigenvalue weighted by Crippen LogP contribution is 2.11. The average molecular weight is 275 g/mol. The maximum absolute atomic E-state index is 12.2. The molecule has 0 bridgehead atoms. The number of hydrogen-bond donors (Lipinski definition) is 2. The quantitative estimate of drug-likeness (QED) is 0.827. The van der Waals surface area contributed by atoms with Crippen LogP contribution in [0.2, 0.25) is 0 Å². The van der Waals surface area contributed by atoms with Gasteiger partial charge < -0.3 is 16.0 Å². The summed E-state index contributed by atoms with van der Waals surface area (Å²) in [6.45, 7) is 3.08. The number of amides is 1. The summed E-state index contributed by atoms with van der Waals surface area (Å²) < 4.78 is 0. The second-order valence-electron chi connectivity index (χ2n) is 5.44. The van der Waals surface area contributed by atoms with E-state index in [1.54, 1.807) is 0 Å². The van der Waals surface area contributed by atoms with Crippen LogP contribution in [0.15, 0.2) is 30.3 Å². The first-order chi connectivity index (χ1) is 9.79. The molecule has 4 heteroatoms. The Morgan fingerprint density at radius 2 is 1.90 bits per heavy atom. The first kappa shape index (κ1) is 15.0. The van der Waals surface area contributed by atoms with Gasteiger partial charge in [0.1, 0.15) is 0 Å². The molecule has 4 nitrogen and oxygen atoms in total. The minimum atomic E-state index is 0.0598. The summed E-state index contributed by atoms with van der Waals surface area (Å²) in [5, 5.41) is 3.38. The molecule has 0 saturated carbocycles. The number of likely N-dealkylation sites (tertiary alicyclic amines) is 1. The number of carbonyl (C=O) groups is 1. The molecule has 1 atom stereocenters. The van der Waals surface area contributed by atoms with Crippen molar-refractivity contribution in [2.24, 2.45) is 5.73 Å². The Morgan fingerprint density at radius 1 is 1.20 bits per heavy atom. The predicted molar refractivity (Wildman–Crippen MR) is 81.2 cm³/mol. The molecule has 0 spiro atoms. The van der Waals surface area contributed by atoms with Gasteiger partial charge in [0.2, 0.25) is 5.91 Å². The molecule has 1 heterocycles. The molecule has 1 unspecified atom stereocenters. The van der Waals surface area contributed by atoms with Crippen LogP contribution < -0.4 is 11.1 Å². The molecule has 20 heavy (non-hydrogen) atoms. The van der Waals surface area contributed by atoms with Gasteiger partial charge in [-0.25, -0.2) is 0 Å². The van der Waals surface area contributed by atoms with E-state index in [9.17, 15) is 4.79 Å². The van der Waals surface area contributed by atoms with Gasteiger partial charge in [-0.1, -0.05) is 30.3 Å². The summed E-state index contributed by atoms with van der Waals surface area (Å²) in [5.41, 5.74) is 7.00. The third kappa shape index (κ3) is 4.62. The van der Waals surface area contributed by atoms with Crippen LogP contribution in [0, 0.1) is 0 Å². The van der Waals surface area contributed by atoms with Crippen LogP contribution in [0.4, 0.5) is 0 Å². The largest absolute Gasteiger partial charge is 0.343 e. The average Bonchev–Trinajstić information content (AvgIpc) is 2.53. The van der Waals surface area contributed by atoms with E-state index in [2.05, 4.69) is 17.4 Å². The van der Waals surface area contributed by atoms with E-state index >= 15 is 0 Å². The number of piperidine rings is 1. The normalized spacial score (nSPS) is 16.9. The fourth-order valence-corrected chi connectivity index (χ4v) is 2.58. The monoisotopic (exact) mass is 275 g/mol. The second-order valence-corrected chi connectivity index (χ2v) is 5.44. The Kier molecular flexibility index (Phi) is 6.02. The second kappa shape index (κ2) is 8.02. The maximum atomic E-state index is 12.2. The van der Waals surface area contributed by atoms with Gasteiger partial charge in [-0.2, -0.15) is 0 Å². The number of benzene rings is 1. The molecule has 1 amide bonds. The molecule has 1 aliphatic rings. The fraction of sp³-hybridized carbons (Fsp3) is 0.562. The van der Waals surface area contributed by atoms with Gasteiger partial charge in [-0.3, -0.25) is 4.79 Å². The van der Waals surface area contributed by atoms with Crippen molar-refractivity contribution in [2.45, 2.75) is 38.3 Å². The van der Waals surface area contributed by atoms with Gasteiger partial charge >= 0.3 is 0 Å². The molecule has 0 radical (unpaired) electrons. The summed E-state index contributed by atoms with van der Waals surface area (Å²) in [4.78, 5) is 14.2. The summed E-state index contributed by atoms with van der Waals surface area (Å²) in [6.07, 6.45) is 4.02. The topological polar surface area (TPSA) is 58.4 Å². The number of carbonyl (C=O) groups excluding carboxylic acids is 1. The van der Waals surface area contributed by atoms with Crippen molar-refractivity contribution >= 4 is 5.91 Å². The third-order valence-corrected chi connectivity index (χ3v) is 3.85. The van der Waals surface area contributed by atoms with Crippen molar-refractivity contribution < 1.29 is 4.79 Å². The van der Waals surface area contributed by atoms with Crippen LogP contribution >= 0.6 is 0 Å². The van der Waals surface area contributed by atoms with E-state index in [1.807, 2.05) is 23.1 Å². The highest BCUT2D eigenvalue weighted by Gasteiger charge is 2.19. The van der Waals surface area contributed by atoms with E-state index in [0.717, 1.165) is 32.5 Å². The van der Waals surface area contributed by atoms with Crippen molar-refractivity contribution in [3.63, 3.8) is 0 Å². The molecule has 1 aromatic carbocycles. The van der Waals surface area contributed by atoms with Gasteiger partial charge in [0, 0.05) is 38.6 Å². The Morgan fingerprint density at radius 3 is 2.55 bits per heavy atom. The van der Waals surface area contributed by atoms with Crippen LogP contribution in [-0.4, -0.2) is 36.5 Å². The van der Waals surface area contributed by atoms with Gasteiger partial charge in [-0.05, 0) is 24.8 Å². The number of nitrogens with zero attached hydrogens (tertiary/aromatic N) is 1. The molecule has 3 N–H and O–H groups in total. The number of nitrogens with two attached hydrogens (primary N) is 1. The molecule has 1 fully saturated rings. The number of nitrogens with one attached hydrogen (secondary N) is 1. The molecule has 2 rings (SSSR count). The van der Waals surface area contributed by atoms with Crippen molar-refractivity contribution in [1.29, 1.82) is 0 Å². The van der Waals surface area contributed by atoms with E-state index in [0.29, 0.717) is 13.0 Å². The Hall–Kier alpha value is -1.39.